The molecule has 0 N–H and O–H groups in total. The summed E-state index contributed by atoms with van der Waals surface area (Å²) in [4.78, 5) is 4.34. The van der Waals surface area contributed by atoms with E-state index in [4.69, 9.17) is 0 Å². The monoisotopic (exact) mass is 173 g/mol. The topological polar surface area (TPSA) is 12.9 Å². The molecular formula is C12H15N. The molecule has 0 spiro atoms. The Hall–Kier alpha value is -1.11. The van der Waals surface area contributed by atoms with Crippen LogP contribution in [0.2, 0.25) is 0 Å². The second-order valence-corrected chi connectivity index (χ2v) is 3.64. The second-order valence-electron chi connectivity index (χ2n) is 3.64. The molecule has 0 bridgehead atoms. The average Bonchev–Trinajstić information content (AvgIpc) is 2.21. The highest BCUT2D eigenvalue weighted by Crippen LogP contribution is 2.20. The van der Waals surface area contributed by atoms with Crippen molar-refractivity contribution in [1.82, 2.24) is 4.98 Å². The number of rotatable bonds is 2. The maximum absolute atomic E-state index is 4.34. The zero-order valence-electron chi connectivity index (χ0n) is 7.82. The van der Waals surface area contributed by atoms with Crippen LogP contribution in [0.4, 0.5) is 0 Å². The Morgan fingerprint density at radius 2 is 2.38 bits per heavy atom. The highest BCUT2D eigenvalue weighted by molar-refractivity contribution is 5.07. The Morgan fingerprint density at radius 1 is 1.38 bits per heavy atom. The Kier molecular flexibility index (Phi) is 2.75. The van der Waals surface area contributed by atoms with E-state index in [9.17, 15) is 0 Å². The zero-order valence-corrected chi connectivity index (χ0v) is 7.82. The third-order valence-corrected chi connectivity index (χ3v) is 2.55. The molecule has 13 heavy (non-hydrogen) atoms. The van der Waals surface area contributed by atoms with Crippen LogP contribution in [0.25, 0.3) is 0 Å². The van der Waals surface area contributed by atoms with Crippen LogP contribution in [0.1, 0.15) is 25.0 Å². The van der Waals surface area contributed by atoms with E-state index in [0.29, 0.717) is 0 Å². The first-order chi connectivity index (χ1) is 6.45. The minimum atomic E-state index is 0.726. The number of hydrogen-bond acceptors (Lipinski definition) is 1. The van der Waals surface area contributed by atoms with Crippen LogP contribution < -0.4 is 0 Å². The smallest absolute Gasteiger partial charge is 0.0409 e. The normalized spacial score (nSPS) is 21.7. The SMILES string of the molecule is C1=C[C@H](Cc2ccccn2)CCC1. The molecular weight excluding hydrogens is 158 g/mol. The van der Waals surface area contributed by atoms with Gasteiger partial charge in [0, 0.05) is 11.9 Å². The first-order valence-electron chi connectivity index (χ1n) is 5.02. The molecule has 1 aromatic rings. The van der Waals surface area contributed by atoms with E-state index in [0.717, 1.165) is 12.3 Å². The molecule has 1 atom stereocenters. The fourth-order valence-electron chi connectivity index (χ4n) is 1.84. The summed E-state index contributed by atoms with van der Waals surface area (Å²) in [5, 5.41) is 0. The van der Waals surface area contributed by atoms with Gasteiger partial charge in [0.1, 0.15) is 0 Å². The quantitative estimate of drug-likeness (QED) is 0.626. The molecule has 0 saturated heterocycles. The Labute approximate surface area is 79.5 Å². The predicted molar refractivity (Wildman–Crippen MR) is 54.4 cm³/mol. The molecule has 1 aliphatic carbocycles. The van der Waals surface area contributed by atoms with Crippen molar-refractivity contribution in [2.75, 3.05) is 0 Å². The number of nitrogens with zero attached hydrogens (tertiary/aromatic N) is 1. The van der Waals surface area contributed by atoms with Crippen LogP contribution in [-0.2, 0) is 6.42 Å². The van der Waals surface area contributed by atoms with Gasteiger partial charge >= 0.3 is 0 Å². The predicted octanol–water partition coefficient (Wildman–Crippen LogP) is 2.98. The van der Waals surface area contributed by atoms with Crippen LogP contribution >= 0.6 is 0 Å². The van der Waals surface area contributed by atoms with E-state index in [2.05, 4.69) is 29.3 Å². The first-order valence-corrected chi connectivity index (χ1v) is 5.02. The molecule has 1 aromatic heterocycles. The van der Waals surface area contributed by atoms with Gasteiger partial charge in [0.05, 0.1) is 0 Å². The summed E-state index contributed by atoms with van der Waals surface area (Å²) in [5.74, 6) is 0.726. The highest BCUT2D eigenvalue weighted by atomic mass is 14.7. The summed E-state index contributed by atoms with van der Waals surface area (Å²) in [6.07, 6.45) is 11.6. The summed E-state index contributed by atoms with van der Waals surface area (Å²) in [5.41, 5.74) is 1.22. The summed E-state index contributed by atoms with van der Waals surface area (Å²) in [6.45, 7) is 0. The van der Waals surface area contributed by atoms with Crippen molar-refractivity contribution in [1.29, 1.82) is 0 Å². The maximum atomic E-state index is 4.34. The molecule has 0 amide bonds. The Bertz CT molecular complexity index is 276. The lowest BCUT2D eigenvalue weighted by Gasteiger charge is -2.15. The van der Waals surface area contributed by atoms with Gasteiger partial charge in [-0.2, -0.15) is 0 Å². The number of pyridine rings is 1. The minimum Gasteiger partial charge on any atom is -0.261 e. The molecule has 0 unspecified atom stereocenters. The summed E-state index contributed by atoms with van der Waals surface area (Å²) < 4.78 is 0. The van der Waals surface area contributed by atoms with Gasteiger partial charge in [-0.25, -0.2) is 0 Å². The third-order valence-electron chi connectivity index (χ3n) is 2.55. The van der Waals surface area contributed by atoms with Gasteiger partial charge in [-0.3, -0.25) is 4.98 Å². The van der Waals surface area contributed by atoms with Crippen molar-refractivity contribution in [3.63, 3.8) is 0 Å². The van der Waals surface area contributed by atoms with E-state index in [-0.39, 0.29) is 0 Å². The van der Waals surface area contributed by atoms with Gasteiger partial charge in [-0.1, -0.05) is 18.2 Å². The average molecular weight is 173 g/mol. The van der Waals surface area contributed by atoms with Gasteiger partial charge in [0.2, 0.25) is 0 Å². The fourth-order valence-corrected chi connectivity index (χ4v) is 1.84. The molecule has 0 saturated carbocycles. The summed E-state index contributed by atoms with van der Waals surface area (Å²) in [6, 6.07) is 6.15. The van der Waals surface area contributed by atoms with Gasteiger partial charge in [0.15, 0.2) is 0 Å². The van der Waals surface area contributed by atoms with E-state index in [1.54, 1.807) is 0 Å². The van der Waals surface area contributed by atoms with Crippen LogP contribution in [0.15, 0.2) is 36.5 Å². The molecule has 0 aliphatic heterocycles. The van der Waals surface area contributed by atoms with Crippen LogP contribution in [0.5, 0.6) is 0 Å². The molecule has 1 aliphatic rings. The van der Waals surface area contributed by atoms with Gasteiger partial charge in [-0.05, 0) is 43.7 Å². The molecule has 1 heterocycles. The largest absolute Gasteiger partial charge is 0.261 e. The van der Waals surface area contributed by atoms with Crippen molar-refractivity contribution in [2.24, 2.45) is 5.92 Å². The number of allylic oxidation sites excluding steroid dienone is 2. The molecule has 1 nitrogen and oxygen atoms in total. The Morgan fingerprint density at radius 3 is 3.08 bits per heavy atom. The lowest BCUT2D eigenvalue weighted by Crippen LogP contribution is -2.05. The van der Waals surface area contributed by atoms with Gasteiger partial charge < -0.3 is 0 Å². The fraction of sp³-hybridized carbons (Fsp3) is 0.417. The van der Waals surface area contributed by atoms with E-state index in [1.165, 1.54) is 25.0 Å². The second kappa shape index (κ2) is 4.22. The van der Waals surface area contributed by atoms with Crippen molar-refractivity contribution in [2.45, 2.75) is 25.7 Å². The summed E-state index contributed by atoms with van der Waals surface area (Å²) in [7, 11) is 0. The third kappa shape index (κ3) is 2.41. The van der Waals surface area contributed by atoms with Crippen LogP contribution in [-0.4, -0.2) is 4.98 Å². The molecule has 0 radical (unpaired) electrons. The molecule has 1 heteroatoms. The van der Waals surface area contributed by atoms with E-state index in [1.807, 2.05) is 12.3 Å². The maximum Gasteiger partial charge on any atom is 0.0409 e. The minimum absolute atomic E-state index is 0.726. The van der Waals surface area contributed by atoms with Crippen molar-refractivity contribution in [3.8, 4) is 0 Å². The van der Waals surface area contributed by atoms with E-state index < -0.39 is 0 Å². The van der Waals surface area contributed by atoms with Crippen molar-refractivity contribution < 1.29 is 0 Å². The Balaban J connectivity index is 1.98. The molecule has 68 valence electrons. The number of aromatic nitrogens is 1. The van der Waals surface area contributed by atoms with Gasteiger partial charge in [-0.15, -0.1) is 0 Å². The molecule has 0 fully saturated rings. The van der Waals surface area contributed by atoms with E-state index >= 15 is 0 Å². The highest BCUT2D eigenvalue weighted by Gasteiger charge is 2.08. The molecule has 0 aromatic carbocycles. The van der Waals surface area contributed by atoms with Crippen LogP contribution in [0.3, 0.4) is 0 Å². The standard InChI is InChI=1S/C12H15N/c1-2-6-11(7-3-1)10-12-8-4-5-9-13-12/h2,4-6,8-9,11H,1,3,7,10H2/t11-/m0/s1. The van der Waals surface area contributed by atoms with Crippen molar-refractivity contribution >= 4 is 0 Å². The first kappa shape index (κ1) is 8.49. The lowest BCUT2D eigenvalue weighted by molar-refractivity contribution is 0.533. The molecule has 2 rings (SSSR count). The van der Waals surface area contributed by atoms with Gasteiger partial charge in [0.25, 0.3) is 0 Å². The van der Waals surface area contributed by atoms with Crippen LogP contribution in [0, 0.1) is 5.92 Å². The zero-order chi connectivity index (χ0) is 8.93. The lowest BCUT2D eigenvalue weighted by atomic mass is 9.92. The van der Waals surface area contributed by atoms with Crippen molar-refractivity contribution in [3.05, 3.63) is 42.2 Å². The summed E-state index contributed by atoms with van der Waals surface area (Å²) >= 11 is 0. The number of hydrogen-bond donors (Lipinski definition) is 0.